The number of rotatable bonds is 5. The lowest BCUT2D eigenvalue weighted by atomic mass is 10.0. The molecule has 0 aromatic rings. The van der Waals surface area contributed by atoms with Crippen LogP contribution in [0.1, 0.15) is 13.3 Å². The lowest BCUT2D eigenvalue weighted by Crippen LogP contribution is -2.47. The van der Waals surface area contributed by atoms with Gasteiger partial charge in [0.05, 0.1) is 12.6 Å². The van der Waals surface area contributed by atoms with Crippen molar-refractivity contribution in [2.75, 3.05) is 26.9 Å². The summed E-state index contributed by atoms with van der Waals surface area (Å²) >= 11 is 0. The summed E-state index contributed by atoms with van der Waals surface area (Å²) in [6.07, 6.45) is -1.59. The third-order valence-corrected chi connectivity index (χ3v) is 2.62. The predicted molar refractivity (Wildman–Crippen MR) is 48.6 cm³/mol. The van der Waals surface area contributed by atoms with E-state index in [4.69, 9.17) is 9.47 Å². The molecule has 2 unspecified atom stereocenters. The number of ether oxygens (including phenoxy) is 2. The third-order valence-electron chi connectivity index (χ3n) is 2.62. The second kappa shape index (κ2) is 5.00. The highest BCUT2D eigenvalue weighted by molar-refractivity contribution is 4.88. The first-order valence-electron chi connectivity index (χ1n) is 4.74. The van der Waals surface area contributed by atoms with Crippen molar-refractivity contribution in [3.8, 4) is 0 Å². The van der Waals surface area contributed by atoms with Gasteiger partial charge >= 0.3 is 0 Å². The molecule has 3 nitrogen and oxygen atoms in total. The number of methoxy groups -OCH3 is 1. The zero-order valence-electron chi connectivity index (χ0n) is 8.56. The molecule has 1 aliphatic heterocycles. The van der Waals surface area contributed by atoms with Crippen LogP contribution in [0.15, 0.2) is 0 Å². The molecule has 1 N–H and O–H groups in total. The number of halogens is 2. The monoisotopic (exact) mass is 209 g/mol. The maximum Gasteiger partial charge on any atom is 0.253 e. The molecule has 0 amide bonds. The molecule has 1 rings (SSSR count). The van der Waals surface area contributed by atoms with E-state index in [9.17, 15) is 8.78 Å². The molecule has 1 fully saturated rings. The Bertz CT molecular complexity index is 172. The summed E-state index contributed by atoms with van der Waals surface area (Å²) in [7, 11) is 1.59. The van der Waals surface area contributed by atoms with Crippen LogP contribution in [0.5, 0.6) is 0 Å². The van der Waals surface area contributed by atoms with E-state index in [1.54, 1.807) is 7.11 Å². The fraction of sp³-hybridized carbons (Fsp3) is 1.00. The largest absolute Gasteiger partial charge is 0.378 e. The van der Waals surface area contributed by atoms with Crippen LogP contribution in [0.3, 0.4) is 0 Å². The van der Waals surface area contributed by atoms with Crippen LogP contribution < -0.4 is 5.32 Å². The molecular weight excluding hydrogens is 192 g/mol. The summed E-state index contributed by atoms with van der Waals surface area (Å²) in [6, 6.07) is -0.803. The normalized spacial score (nSPS) is 29.8. The van der Waals surface area contributed by atoms with Gasteiger partial charge in [0.1, 0.15) is 5.60 Å². The highest BCUT2D eigenvalue weighted by Crippen LogP contribution is 2.21. The SMILES string of the molecule is COC1(CNC(C)C(F)F)CCOC1. The molecule has 0 radical (unpaired) electrons. The minimum Gasteiger partial charge on any atom is -0.378 e. The van der Waals surface area contributed by atoms with Crippen molar-refractivity contribution in [3.05, 3.63) is 0 Å². The summed E-state index contributed by atoms with van der Waals surface area (Å²) in [5, 5.41) is 2.76. The molecule has 1 saturated heterocycles. The lowest BCUT2D eigenvalue weighted by Gasteiger charge is -2.27. The third kappa shape index (κ3) is 2.87. The summed E-state index contributed by atoms with van der Waals surface area (Å²) in [5.74, 6) is 0. The van der Waals surface area contributed by atoms with E-state index in [0.717, 1.165) is 6.42 Å². The first-order chi connectivity index (χ1) is 6.59. The second-order valence-electron chi connectivity index (χ2n) is 3.69. The van der Waals surface area contributed by atoms with E-state index in [-0.39, 0.29) is 0 Å². The van der Waals surface area contributed by atoms with Crippen LogP contribution in [0, 0.1) is 0 Å². The zero-order chi connectivity index (χ0) is 10.6. The van der Waals surface area contributed by atoms with Crippen molar-refractivity contribution in [3.63, 3.8) is 0 Å². The Hall–Kier alpha value is -0.260. The number of hydrogen-bond donors (Lipinski definition) is 1. The maximum atomic E-state index is 12.2. The summed E-state index contributed by atoms with van der Waals surface area (Å²) in [4.78, 5) is 0. The standard InChI is InChI=1S/C9H17F2NO2/c1-7(8(10)11)12-5-9(13-2)3-4-14-6-9/h7-8,12H,3-6H2,1-2H3. The first-order valence-corrected chi connectivity index (χ1v) is 4.74. The van der Waals surface area contributed by atoms with E-state index in [2.05, 4.69) is 5.32 Å². The first kappa shape index (κ1) is 11.8. The lowest BCUT2D eigenvalue weighted by molar-refractivity contribution is -0.0218. The second-order valence-corrected chi connectivity index (χ2v) is 3.69. The molecule has 0 aromatic carbocycles. The summed E-state index contributed by atoms with van der Waals surface area (Å²) in [5.41, 5.74) is -0.414. The Morgan fingerprint density at radius 2 is 2.29 bits per heavy atom. The van der Waals surface area contributed by atoms with Gasteiger partial charge in [-0.15, -0.1) is 0 Å². The molecule has 14 heavy (non-hydrogen) atoms. The summed E-state index contributed by atoms with van der Waals surface area (Å²) < 4.78 is 34.9. The van der Waals surface area contributed by atoms with Gasteiger partial charge in [-0.05, 0) is 6.92 Å². The average Bonchev–Trinajstić information content (AvgIpc) is 2.63. The Morgan fingerprint density at radius 1 is 1.57 bits per heavy atom. The minimum absolute atomic E-state index is 0.412. The van der Waals surface area contributed by atoms with Gasteiger partial charge in [0.15, 0.2) is 0 Å². The molecule has 2 atom stereocenters. The molecule has 1 heterocycles. The van der Waals surface area contributed by atoms with Crippen molar-refractivity contribution < 1.29 is 18.3 Å². The smallest absolute Gasteiger partial charge is 0.253 e. The predicted octanol–water partition coefficient (Wildman–Crippen LogP) is 1.04. The number of alkyl halides is 2. The highest BCUT2D eigenvalue weighted by Gasteiger charge is 2.35. The molecule has 0 aromatic heterocycles. The van der Waals surface area contributed by atoms with Gasteiger partial charge in [0.2, 0.25) is 0 Å². The topological polar surface area (TPSA) is 30.5 Å². The number of hydrogen-bond acceptors (Lipinski definition) is 3. The van der Waals surface area contributed by atoms with Gasteiger partial charge in [-0.1, -0.05) is 0 Å². The van der Waals surface area contributed by atoms with Crippen LogP contribution in [0.2, 0.25) is 0 Å². The van der Waals surface area contributed by atoms with E-state index < -0.39 is 18.1 Å². The van der Waals surface area contributed by atoms with Crippen LogP contribution in [-0.2, 0) is 9.47 Å². The number of nitrogens with one attached hydrogen (secondary N) is 1. The quantitative estimate of drug-likeness (QED) is 0.733. The molecule has 1 aliphatic rings. The van der Waals surface area contributed by atoms with Crippen molar-refractivity contribution in [1.82, 2.24) is 5.32 Å². The molecule has 0 saturated carbocycles. The van der Waals surface area contributed by atoms with Crippen LogP contribution >= 0.6 is 0 Å². The Morgan fingerprint density at radius 3 is 2.71 bits per heavy atom. The average molecular weight is 209 g/mol. The van der Waals surface area contributed by atoms with E-state index >= 15 is 0 Å². The van der Waals surface area contributed by atoms with Gasteiger partial charge in [0.25, 0.3) is 6.43 Å². The van der Waals surface area contributed by atoms with E-state index in [1.807, 2.05) is 0 Å². The van der Waals surface area contributed by atoms with E-state index in [0.29, 0.717) is 19.8 Å². The fourth-order valence-electron chi connectivity index (χ4n) is 1.40. The Balaban J connectivity index is 2.34. The zero-order valence-corrected chi connectivity index (χ0v) is 8.56. The fourth-order valence-corrected chi connectivity index (χ4v) is 1.40. The Kier molecular flexibility index (Phi) is 4.22. The van der Waals surface area contributed by atoms with Crippen LogP contribution in [0.25, 0.3) is 0 Å². The molecule has 0 bridgehead atoms. The van der Waals surface area contributed by atoms with Gasteiger partial charge in [-0.3, -0.25) is 0 Å². The minimum atomic E-state index is -2.34. The molecule has 5 heteroatoms. The summed E-state index contributed by atoms with van der Waals surface area (Å²) in [6.45, 7) is 2.99. The maximum absolute atomic E-state index is 12.2. The van der Waals surface area contributed by atoms with E-state index in [1.165, 1.54) is 6.92 Å². The molecule has 0 aliphatic carbocycles. The van der Waals surface area contributed by atoms with Gasteiger partial charge in [-0.25, -0.2) is 8.78 Å². The van der Waals surface area contributed by atoms with Crippen molar-refractivity contribution in [2.24, 2.45) is 0 Å². The van der Waals surface area contributed by atoms with Crippen LogP contribution in [0.4, 0.5) is 8.78 Å². The van der Waals surface area contributed by atoms with Crippen molar-refractivity contribution in [2.45, 2.75) is 31.4 Å². The molecule has 0 spiro atoms. The van der Waals surface area contributed by atoms with Gasteiger partial charge < -0.3 is 14.8 Å². The van der Waals surface area contributed by atoms with Crippen molar-refractivity contribution >= 4 is 0 Å². The highest BCUT2D eigenvalue weighted by atomic mass is 19.3. The van der Waals surface area contributed by atoms with Crippen LogP contribution in [-0.4, -0.2) is 44.9 Å². The Labute approximate surface area is 82.8 Å². The molecule has 84 valence electrons. The van der Waals surface area contributed by atoms with Gasteiger partial charge in [0, 0.05) is 26.7 Å². The van der Waals surface area contributed by atoms with Crippen molar-refractivity contribution in [1.29, 1.82) is 0 Å². The molecular formula is C9H17F2NO2. The van der Waals surface area contributed by atoms with Gasteiger partial charge in [-0.2, -0.15) is 0 Å².